The molecule has 0 bridgehead atoms. The molecule has 0 spiro atoms. The number of hydrogen-bond donors (Lipinski definition) is 3. The Morgan fingerprint density at radius 2 is 1.70 bits per heavy atom. The molecule has 0 fully saturated rings. The molecular weight excluding hydrogens is 314 g/mol. The molecule has 3 rings (SSSR count). The van der Waals surface area contributed by atoms with Crippen molar-refractivity contribution in [1.29, 1.82) is 0 Å². The van der Waals surface area contributed by atoms with E-state index in [1.54, 1.807) is 18.2 Å². The van der Waals surface area contributed by atoms with Crippen LogP contribution < -0.4 is 25.6 Å². The summed E-state index contributed by atoms with van der Waals surface area (Å²) >= 11 is 5.12. The van der Waals surface area contributed by atoms with Crippen LogP contribution in [0.1, 0.15) is 10.4 Å². The fourth-order valence-electron chi connectivity index (χ4n) is 2.05. The van der Waals surface area contributed by atoms with Gasteiger partial charge in [0, 0.05) is 11.3 Å². The van der Waals surface area contributed by atoms with E-state index in [2.05, 4.69) is 16.2 Å². The maximum absolute atomic E-state index is 12.1. The van der Waals surface area contributed by atoms with Gasteiger partial charge in [-0.25, -0.2) is 0 Å². The van der Waals surface area contributed by atoms with Crippen LogP contribution in [-0.2, 0) is 0 Å². The molecule has 23 heavy (non-hydrogen) atoms. The van der Waals surface area contributed by atoms with E-state index in [1.165, 1.54) is 0 Å². The highest BCUT2D eigenvalue weighted by molar-refractivity contribution is 7.80. The summed E-state index contributed by atoms with van der Waals surface area (Å²) in [5.74, 6) is 0.884. The zero-order chi connectivity index (χ0) is 16.1. The van der Waals surface area contributed by atoms with Gasteiger partial charge in [-0.05, 0) is 42.5 Å². The Morgan fingerprint density at radius 1 is 0.957 bits per heavy atom. The minimum Gasteiger partial charge on any atom is -0.486 e. The third-order valence-electron chi connectivity index (χ3n) is 3.13. The Labute approximate surface area is 138 Å². The molecule has 0 atom stereocenters. The Morgan fingerprint density at radius 3 is 2.48 bits per heavy atom. The first-order valence-electron chi connectivity index (χ1n) is 7.04. The summed E-state index contributed by atoms with van der Waals surface area (Å²) in [5.41, 5.74) is 6.48. The van der Waals surface area contributed by atoms with E-state index in [1.807, 2.05) is 30.3 Å². The van der Waals surface area contributed by atoms with Crippen LogP contribution in [0.4, 0.5) is 5.69 Å². The summed E-state index contributed by atoms with van der Waals surface area (Å²) in [4.78, 5) is 12.1. The lowest BCUT2D eigenvalue weighted by atomic mass is 10.2. The lowest BCUT2D eigenvalue weighted by molar-refractivity contribution is 0.0943. The minimum absolute atomic E-state index is 0.294. The second-order valence-corrected chi connectivity index (χ2v) is 5.17. The number of amides is 1. The number of hydrazine groups is 1. The van der Waals surface area contributed by atoms with Crippen molar-refractivity contribution >= 4 is 28.9 Å². The van der Waals surface area contributed by atoms with Gasteiger partial charge >= 0.3 is 0 Å². The van der Waals surface area contributed by atoms with E-state index in [-0.39, 0.29) is 5.91 Å². The van der Waals surface area contributed by atoms with E-state index in [4.69, 9.17) is 21.7 Å². The van der Waals surface area contributed by atoms with E-state index >= 15 is 0 Å². The van der Waals surface area contributed by atoms with Crippen molar-refractivity contribution in [2.24, 2.45) is 0 Å². The molecule has 0 saturated heterocycles. The second kappa shape index (κ2) is 6.97. The van der Waals surface area contributed by atoms with E-state index in [9.17, 15) is 4.79 Å². The fourth-order valence-corrected chi connectivity index (χ4v) is 2.22. The molecule has 1 heterocycles. The van der Waals surface area contributed by atoms with Gasteiger partial charge in [0.1, 0.15) is 13.2 Å². The summed E-state index contributed by atoms with van der Waals surface area (Å²) in [6.07, 6.45) is 0. The predicted molar refractivity (Wildman–Crippen MR) is 90.7 cm³/mol. The maximum Gasteiger partial charge on any atom is 0.269 e. The van der Waals surface area contributed by atoms with Gasteiger partial charge in [0.25, 0.3) is 5.91 Å². The van der Waals surface area contributed by atoms with Crippen molar-refractivity contribution in [3.8, 4) is 11.5 Å². The summed E-state index contributed by atoms with van der Waals surface area (Å²) in [6.45, 7) is 0.987. The van der Waals surface area contributed by atoms with E-state index in [0.717, 1.165) is 5.69 Å². The highest BCUT2D eigenvalue weighted by Crippen LogP contribution is 2.30. The van der Waals surface area contributed by atoms with Crippen molar-refractivity contribution in [2.75, 3.05) is 18.5 Å². The van der Waals surface area contributed by atoms with Gasteiger partial charge in [-0.15, -0.1) is 0 Å². The first-order valence-corrected chi connectivity index (χ1v) is 7.45. The Hall–Kier alpha value is -2.80. The number of ether oxygens (including phenoxy) is 2. The van der Waals surface area contributed by atoms with Crippen LogP contribution in [-0.4, -0.2) is 24.2 Å². The van der Waals surface area contributed by atoms with Crippen molar-refractivity contribution in [3.63, 3.8) is 0 Å². The van der Waals surface area contributed by atoms with E-state index in [0.29, 0.717) is 35.4 Å². The molecule has 0 radical (unpaired) electrons. The Balaban J connectivity index is 1.56. The maximum atomic E-state index is 12.1. The van der Waals surface area contributed by atoms with Gasteiger partial charge < -0.3 is 14.8 Å². The quantitative estimate of drug-likeness (QED) is 0.579. The van der Waals surface area contributed by atoms with Crippen LogP contribution in [0.2, 0.25) is 0 Å². The first kappa shape index (κ1) is 15.1. The molecule has 2 aromatic carbocycles. The number of anilines is 1. The van der Waals surface area contributed by atoms with Gasteiger partial charge in [-0.1, -0.05) is 18.2 Å². The number of para-hydroxylation sites is 1. The van der Waals surface area contributed by atoms with Crippen LogP contribution in [0.3, 0.4) is 0 Å². The molecule has 0 saturated carbocycles. The molecule has 0 unspecified atom stereocenters. The topological polar surface area (TPSA) is 71.6 Å². The van der Waals surface area contributed by atoms with Gasteiger partial charge in [0.2, 0.25) is 0 Å². The molecule has 0 aromatic heterocycles. The van der Waals surface area contributed by atoms with Crippen LogP contribution >= 0.6 is 12.2 Å². The van der Waals surface area contributed by atoms with Gasteiger partial charge in [-0.3, -0.25) is 15.6 Å². The van der Waals surface area contributed by atoms with Gasteiger partial charge in [0.05, 0.1) is 0 Å². The second-order valence-electron chi connectivity index (χ2n) is 4.76. The lowest BCUT2D eigenvalue weighted by Gasteiger charge is -2.18. The van der Waals surface area contributed by atoms with Gasteiger partial charge in [-0.2, -0.15) is 0 Å². The monoisotopic (exact) mass is 329 g/mol. The molecule has 1 aliphatic heterocycles. The van der Waals surface area contributed by atoms with Crippen molar-refractivity contribution < 1.29 is 14.3 Å². The SMILES string of the molecule is O=C(NNC(=S)Nc1ccccc1)c1ccc2c(c1)OCCO2. The number of nitrogens with one attached hydrogen (secondary N) is 3. The fraction of sp³-hybridized carbons (Fsp3) is 0.125. The summed E-state index contributed by atoms with van der Waals surface area (Å²) in [7, 11) is 0. The smallest absolute Gasteiger partial charge is 0.269 e. The molecule has 1 aliphatic rings. The minimum atomic E-state index is -0.320. The summed E-state index contributed by atoms with van der Waals surface area (Å²) in [5, 5.41) is 3.25. The number of fused-ring (bicyclic) bond motifs is 1. The van der Waals surface area contributed by atoms with Crippen LogP contribution in [0.5, 0.6) is 11.5 Å². The first-order chi connectivity index (χ1) is 11.2. The van der Waals surface area contributed by atoms with Crippen LogP contribution in [0, 0.1) is 0 Å². The van der Waals surface area contributed by atoms with Crippen molar-refractivity contribution in [2.45, 2.75) is 0 Å². The third-order valence-corrected chi connectivity index (χ3v) is 3.33. The summed E-state index contributed by atoms with van der Waals surface area (Å²) < 4.78 is 10.9. The van der Waals surface area contributed by atoms with Crippen LogP contribution in [0.25, 0.3) is 0 Å². The molecule has 2 aromatic rings. The lowest BCUT2D eigenvalue weighted by Crippen LogP contribution is -2.43. The number of carbonyl (C=O) groups excluding carboxylic acids is 1. The highest BCUT2D eigenvalue weighted by Gasteiger charge is 2.14. The average Bonchev–Trinajstić information content (AvgIpc) is 2.60. The number of thiocarbonyl (C=S) groups is 1. The molecule has 1 amide bonds. The zero-order valence-electron chi connectivity index (χ0n) is 12.2. The number of hydrogen-bond acceptors (Lipinski definition) is 4. The molecule has 0 aliphatic carbocycles. The number of rotatable bonds is 2. The number of benzene rings is 2. The number of carbonyl (C=O) groups is 1. The molecule has 118 valence electrons. The Kier molecular flexibility index (Phi) is 4.58. The highest BCUT2D eigenvalue weighted by atomic mass is 32.1. The molecule has 6 nitrogen and oxygen atoms in total. The van der Waals surface area contributed by atoms with E-state index < -0.39 is 0 Å². The van der Waals surface area contributed by atoms with Crippen molar-refractivity contribution in [3.05, 3.63) is 54.1 Å². The largest absolute Gasteiger partial charge is 0.486 e. The normalized spacial score (nSPS) is 12.2. The standard InChI is InChI=1S/C16H15N3O3S/c20-15(11-6-7-13-14(10-11)22-9-8-21-13)18-19-16(23)17-12-4-2-1-3-5-12/h1-7,10H,8-9H2,(H,18,20)(H2,17,19,23). The summed E-state index contributed by atoms with van der Waals surface area (Å²) in [6, 6.07) is 14.4. The van der Waals surface area contributed by atoms with Crippen LogP contribution in [0.15, 0.2) is 48.5 Å². The van der Waals surface area contributed by atoms with Crippen molar-refractivity contribution in [1.82, 2.24) is 10.9 Å². The zero-order valence-corrected chi connectivity index (χ0v) is 13.0. The third kappa shape index (κ3) is 3.89. The average molecular weight is 329 g/mol. The van der Waals surface area contributed by atoms with Gasteiger partial charge in [0.15, 0.2) is 16.6 Å². The molecular formula is C16H15N3O3S. The predicted octanol–water partition coefficient (Wildman–Crippen LogP) is 2.09. The Bertz CT molecular complexity index is 722. The molecule has 3 N–H and O–H groups in total. The molecule has 7 heteroatoms.